The maximum Gasteiger partial charge on any atom is 0.167 e. The van der Waals surface area contributed by atoms with Crippen molar-refractivity contribution in [3.8, 4) is 11.1 Å². The first-order valence-electron chi connectivity index (χ1n) is 9.96. The summed E-state index contributed by atoms with van der Waals surface area (Å²) in [5, 5.41) is 0. The van der Waals surface area contributed by atoms with Gasteiger partial charge in [-0.15, -0.1) is 0 Å². The molecule has 0 aromatic heterocycles. The highest BCUT2D eigenvalue weighted by Gasteiger charge is 2.33. The van der Waals surface area contributed by atoms with Gasteiger partial charge in [-0.1, -0.05) is 12.1 Å². The zero-order valence-corrected chi connectivity index (χ0v) is 15.9. The maximum absolute atomic E-state index is 14.9. The molecule has 2 aromatic rings. The molecule has 28 heavy (non-hydrogen) atoms. The molecule has 0 N–H and O–H groups in total. The summed E-state index contributed by atoms with van der Waals surface area (Å²) in [6.07, 6.45) is 4.89. The minimum atomic E-state index is -1.10. The van der Waals surface area contributed by atoms with E-state index in [1.165, 1.54) is 13.0 Å². The van der Waals surface area contributed by atoms with Gasteiger partial charge in [0.15, 0.2) is 23.3 Å². The normalized spacial score (nSPS) is 20.9. The predicted molar refractivity (Wildman–Crippen MR) is 99.2 cm³/mol. The lowest BCUT2D eigenvalue weighted by atomic mass is 9.76. The molecule has 0 atom stereocenters. The Morgan fingerprint density at radius 1 is 0.821 bits per heavy atom. The van der Waals surface area contributed by atoms with Crippen LogP contribution < -0.4 is 0 Å². The molecule has 0 amide bonds. The van der Waals surface area contributed by atoms with Crippen molar-refractivity contribution in [1.82, 2.24) is 0 Å². The monoisotopic (exact) mass is 394 g/mol. The molecule has 5 heteroatoms. The summed E-state index contributed by atoms with van der Waals surface area (Å²) in [6.45, 7) is 1.15. The molecule has 150 valence electrons. The van der Waals surface area contributed by atoms with E-state index >= 15 is 0 Å². The van der Waals surface area contributed by atoms with Crippen molar-refractivity contribution in [3.05, 3.63) is 57.7 Å². The average molecular weight is 394 g/mol. The van der Waals surface area contributed by atoms with Gasteiger partial charge in [-0.2, -0.15) is 0 Å². The van der Waals surface area contributed by atoms with Crippen molar-refractivity contribution >= 4 is 0 Å². The molecule has 0 unspecified atom stereocenters. The Labute approximate surface area is 161 Å². The van der Waals surface area contributed by atoms with Crippen molar-refractivity contribution in [2.75, 3.05) is 6.67 Å². The Morgan fingerprint density at radius 2 is 1.43 bits per heavy atom. The van der Waals surface area contributed by atoms with E-state index in [-0.39, 0.29) is 35.7 Å². The molecular formula is C23H23F5. The Morgan fingerprint density at radius 3 is 2.07 bits per heavy atom. The van der Waals surface area contributed by atoms with Gasteiger partial charge in [-0.05, 0) is 86.0 Å². The van der Waals surface area contributed by atoms with Crippen molar-refractivity contribution in [3.63, 3.8) is 0 Å². The average Bonchev–Trinajstić information content (AvgIpc) is 3.06. The molecule has 1 fully saturated rings. The molecule has 4 rings (SSSR count). The second-order valence-corrected chi connectivity index (χ2v) is 8.21. The van der Waals surface area contributed by atoms with E-state index in [4.69, 9.17) is 0 Å². The van der Waals surface area contributed by atoms with Crippen LogP contribution in [-0.4, -0.2) is 6.67 Å². The number of benzene rings is 2. The zero-order valence-electron chi connectivity index (χ0n) is 15.9. The third-order valence-electron chi connectivity index (χ3n) is 6.45. The first-order valence-corrected chi connectivity index (χ1v) is 9.96. The molecular weight excluding hydrogens is 371 g/mol. The van der Waals surface area contributed by atoms with Crippen LogP contribution in [0.2, 0.25) is 0 Å². The van der Waals surface area contributed by atoms with Gasteiger partial charge in [-0.3, -0.25) is 4.39 Å². The van der Waals surface area contributed by atoms with Crippen LogP contribution in [0.25, 0.3) is 11.1 Å². The smallest absolute Gasteiger partial charge is 0.167 e. The van der Waals surface area contributed by atoms with E-state index < -0.39 is 23.3 Å². The third kappa shape index (κ3) is 3.13. The molecule has 0 aliphatic heterocycles. The first kappa shape index (κ1) is 19.4. The van der Waals surface area contributed by atoms with E-state index in [1.54, 1.807) is 6.07 Å². The Kier molecular flexibility index (Phi) is 5.19. The van der Waals surface area contributed by atoms with Gasteiger partial charge in [0.2, 0.25) is 0 Å². The standard InChI is InChI=1S/C23H23F5/c1-12-9-15-10-16-11-17(14-6-4-13(5-7-14)3-2-8-24)21(26)23(28)19(16)18(15)22(27)20(12)25/h9,11,13-14H,2-8,10H2,1H3. The highest BCUT2D eigenvalue weighted by molar-refractivity contribution is 5.79. The van der Waals surface area contributed by atoms with E-state index in [9.17, 15) is 22.0 Å². The van der Waals surface area contributed by atoms with Crippen LogP contribution in [0.4, 0.5) is 22.0 Å². The number of hydrogen-bond donors (Lipinski definition) is 0. The van der Waals surface area contributed by atoms with Crippen molar-refractivity contribution in [2.45, 2.75) is 57.8 Å². The fraction of sp³-hybridized carbons (Fsp3) is 0.478. The molecule has 1 saturated carbocycles. The number of halogens is 5. The maximum atomic E-state index is 14.9. The van der Waals surface area contributed by atoms with Crippen molar-refractivity contribution in [1.29, 1.82) is 0 Å². The largest absolute Gasteiger partial charge is 0.251 e. The molecule has 0 heterocycles. The second kappa shape index (κ2) is 7.49. The fourth-order valence-electron chi connectivity index (χ4n) is 4.97. The van der Waals surface area contributed by atoms with Crippen LogP contribution in [0.5, 0.6) is 0 Å². The molecule has 2 aliphatic rings. The van der Waals surface area contributed by atoms with Crippen LogP contribution in [-0.2, 0) is 6.42 Å². The third-order valence-corrected chi connectivity index (χ3v) is 6.45. The lowest BCUT2D eigenvalue weighted by molar-refractivity contribution is 0.289. The van der Waals surface area contributed by atoms with Gasteiger partial charge in [0.05, 0.1) is 6.67 Å². The van der Waals surface area contributed by atoms with Crippen LogP contribution in [0.1, 0.15) is 66.7 Å². The summed E-state index contributed by atoms with van der Waals surface area (Å²) < 4.78 is 70.7. The number of hydrogen-bond acceptors (Lipinski definition) is 0. The van der Waals surface area contributed by atoms with Gasteiger partial charge in [0.25, 0.3) is 0 Å². The summed E-state index contributed by atoms with van der Waals surface area (Å²) in [5.74, 6) is -3.78. The SMILES string of the molecule is Cc1cc2c(c(F)c1F)-c1c(cc(C3CCC(CCCF)CC3)c(F)c1F)C2. The predicted octanol–water partition coefficient (Wildman–Crippen LogP) is 7.15. The summed E-state index contributed by atoms with van der Waals surface area (Å²) >= 11 is 0. The highest BCUT2D eigenvalue weighted by atomic mass is 19.2. The molecule has 0 nitrogen and oxygen atoms in total. The number of fused-ring (bicyclic) bond motifs is 3. The Hall–Kier alpha value is -1.91. The van der Waals surface area contributed by atoms with Crippen LogP contribution in [0.15, 0.2) is 12.1 Å². The van der Waals surface area contributed by atoms with E-state index in [2.05, 4.69) is 0 Å². The molecule has 2 aliphatic carbocycles. The lowest BCUT2D eigenvalue weighted by Crippen LogP contribution is -2.15. The summed E-state index contributed by atoms with van der Waals surface area (Å²) in [7, 11) is 0. The van der Waals surface area contributed by atoms with Crippen LogP contribution >= 0.6 is 0 Å². The van der Waals surface area contributed by atoms with Gasteiger partial charge in [-0.25, -0.2) is 17.6 Å². The Balaban J connectivity index is 1.66. The number of alkyl halides is 1. The summed E-state index contributed by atoms with van der Waals surface area (Å²) in [5.41, 5.74) is 1.24. The van der Waals surface area contributed by atoms with Gasteiger partial charge < -0.3 is 0 Å². The van der Waals surface area contributed by atoms with Crippen LogP contribution in [0, 0.1) is 36.1 Å². The second-order valence-electron chi connectivity index (χ2n) is 8.21. The van der Waals surface area contributed by atoms with E-state index in [1.807, 2.05) is 0 Å². The first-order chi connectivity index (χ1) is 13.4. The van der Waals surface area contributed by atoms with Crippen molar-refractivity contribution < 1.29 is 22.0 Å². The molecule has 0 bridgehead atoms. The van der Waals surface area contributed by atoms with Crippen molar-refractivity contribution in [2.24, 2.45) is 5.92 Å². The minimum Gasteiger partial charge on any atom is -0.251 e. The van der Waals surface area contributed by atoms with E-state index in [0.717, 1.165) is 32.1 Å². The quantitative estimate of drug-likeness (QED) is 0.412. The summed E-state index contributed by atoms with van der Waals surface area (Å²) in [6, 6.07) is 3.16. The minimum absolute atomic E-state index is 0.0894. The van der Waals surface area contributed by atoms with Gasteiger partial charge >= 0.3 is 0 Å². The molecule has 2 aromatic carbocycles. The topological polar surface area (TPSA) is 0 Å². The van der Waals surface area contributed by atoms with E-state index in [0.29, 0.717) is 29.0 Å². The van der Waals surface area contributed by atoms with Crippen LogP contribution in [0.3, 0.4) is 0 Å². The highest BCUT2D eigenvalue weighted by Crippen LogP contribution is 2.46. The zero-order chi connectivity index (χ0) is 20.0. The lowest BCUT2D eigenvalue weighted by Gasteiger charge is -2.29. The molecule has 0 spiro atoms. The number of aryl methyl sites for hydroxylation is 1. The van der Waals surface area contributed by atoms with Gasteiger partial charge in [0, 0.05) is 11.1 Å². The fourth-order valence-corrected chi connectivity index (χ4v) is 4.97. The number of rotatable bonds is 4. The Bertz CT molecular complexity index is 910. The molecule has 0 saturated heterocycles. The molecule has 0 radical (unpaired) electrons. The van der Waals surface area contributed by atoms with Gasteiger partial charge in [0.1, 0.15) is 0 Å². The summed E-state index contributed by atoms with van der Waals surface area (Å²) in [4.78, 5) is 0.